The van der Waals surface area contributed by atoms with E-state index < -0.39 is 17.9 Å². The van der Waals surface area contributed by atoms with E-state index in [1.54, 1.807) is 0 Å². The first-order valence-electron chi connectivity index (χ1n) is 6.82. The average molecular weight is 328 g/mol. The van der Waals surface area contributed by atoms with Crippen molar-refractivity contribution in [1.29, 1.82) is 0 Å². The smallest absolute Gasteiger partial charge is 0.327 e. The molecular formula is C12H20N6O3S. The third-order valence-electron chi connectivity index (χ3n) is 2.34. The Hall–Kier alpha value is -2.10. The number of hydrogen-bond donors (Lipinski definition) is 4. The maximum Gasteiger partial charge on any atom is 0.327 e. The quantitative estimate of drug-likeness (QED) is 0.476. The molecule has 1 atom stereocenters. The highest BCUT2D eigenvalue weighted by atomic mass is 32.2. The molecule has 0 bridgehead atoms. The second kappa shape index (κ2) is 9.03. The lowest BCUT2D eigenvalue weighted by Crippen LogP contribution is -2.41. The molecule has 0 aliphatic rings. The van der Waals surface area contributed by atoms with Gasteiger partial charge in [-0.2, -0.15) is 15.0 Å². The zero-order chi connectivity index (χ0) is 16.5. The number of aliphatic carboxylic acids is 1. The Morgan fingerprint density at radius 1 is 1.14 bits per heavy atom. The molecule has 1 unspecified atom stereocenters. The molecule has 1 rings (SSSR count). The van der Waals surface area contributed by atoms with E-state index in [0.29, 0.717) is 30.1 Å². The summed E-state index contributed by atoms with van der Waals surface area (Å²) in [4.78, 5) is 34.7. The second-order valence-electron chi connectivity index (χ2n) is 4.23. The lowest BCUT2D eigenvalue weighted by atomic mass is 10.3. The third-order valence-corrected chi connectivity index (χ3v) is 3.28. The number of thioether (sulfide) groups is 1. The number of carboxylic acid groups (broad SMARTS) is 1. The number of amides is 1. The molecule has 0 saturated heterocycles. The Bertz CT molecular complexity index is 503. The summed E-state index contributed by atoms with van der Waals surface area (Å²) in [6, 6.07) is -0.996. The molecule has 22 heavy (non-hydrogen) atoms. The van der Waals surface area contributed by atoms with Crippen LogP contribution in [0.1, 0.15) is 20.8 Å². The number of carboxylic acids is 1. The van der Waals surface area contributed by atoms with Crippen LogP contribution in [0.25, 0.3) is 0 Å². The molecule has 0 fully saturated rings. The highest BCUT2D eigenvalue weighted by Gasteiger charge is 2.19. The maximum atomic E-state index is 11.1. The SMILES string of the molecule is CCNc1nc(NCC)nc(SCC(NC(C)=O)C(=O)O)n1. The van der Waals surface area contributed by atoms with E-state index in [0.717, 1.165) is 11.8 Å². The maximum absolute atomic E-state index is 11.1. The van der Waals surface area contributed by atoms with Crippen LogP contribution in [-0.2, 0) is 9.59 Å². The lowest BCUT2D eigenvalue weighted by Gasteiger charge is -2.13. The number of carbonyl (C=O) groups is 2. The minimum atomic E-state index is -1.10. The predicted molar refractivity (Wildman–Crippen MR) is 84.1 cm³/mol. The number of rotatable bonds is 9. The van der Waals surface area contributed by atoms with Crippen LogP contribution in [0.4, 0.5) is 11.9 Å². The van der Waals surface area contributed by atoms with Crippen LogP contribution in [0.5, 0.6) is 0 Å². The van der Waals surface area contributed by atoms with E-state index in [1.165, 1.54) is 6.92 Å². The Labute approximate surface area is 132 Å². The van der Waals surface area contributed by atoms with Crippen LogP contribution in [-0.4, -0.2) is 56.8 Å². The molecule has 1 amide bonds. The fourth-order valence-electron chi connectivity index (χ4n) is 1.47. The Kier molecular flexibility index (Phi) is 7.37. The Morgan fingerprint density at radius 2 is 1.68 bits per heavy atom. The molecule has 0 aliphatic heterocycles. The fraction of sp³-hybridized carbons (Fsp3) is 0.583. The zero-order valence-corrected chi connectivity index (χ0v) is 13.5. The molecular weight excluding hydrogens is 308 g/mol. The average Bonchev–Trinajstić information content (AvgIpc) is 2.43. The molecule has 9 nitrogen and oxygen atoms in total. The molecule has 4 N–H and O–H groups in total. The minimum absolute atomic E-state index is 0.121. The zero-order valence-electron chi connectivity index (χ0n) is 12.7. The largest absolute Gasteiger partial charge is 0.480 e. The van der Waals surface area contributed by atoms with Gasteiger partial charge in [-0.25, -0.2) is 4.79 Å². The summed E-state index contributed by atoms with van der Waals surface area (Å²) < 4.78 is 0. The first-order chi connectivity index (χ1) is 10.5. The minimum Gasteiger partial charge on any atom is -0.480 e. The van der Waals surface area contributed by atoms with E-state index in [1.807, 2.05) is 13.8 Å². The molecule has 0 radical (unpaired) electrons. The molecule has 10 heteroatoms. The van der Waals surface area contributed by atoms with Gasteiger partial charge < -0.3 is 21.1 Å². The number of nitrogens with zero attached hydrogens (tertiary/aromatic N) is 3. The first-order valence-corrected chi connectivity index (χ1v) is 7.81. The van der Waals surface area contributed by atoms with E-state index in [-0.39, 0.29) is 5.75 Å². The highest BCUT2D eigenvalue weighted by molar-refractivity contribution is 7.99. The van der Waals surface area contributed by atoms with Crippen molar-refractivity contribution in [1.82, 2.24) is 20.3 Å². The fourth-order valence-corrected chi connectivity index (χ4v) is 2.32. The van der Waals surface area contributed by atoms with Crippen LogP contribution in [0.2, 0.25) is 0 Å². The van der Waals surface area contributed by atoms with Crippen LogP contribution < -0.4 is 16.0 Å². The van der Waals surface area contributed by atoms with E-state index in [2.05, 4.69) is 30.9 Å². The van der Waals surface area contributed by atoms with Gasteiger partial charge in [-0.3, -0.25) is 4.79 Å². The van der Waals surface area contributed by atoms with Gasteiger partial charge >= 0.3 is 5.97 Å². The summed E-state index contributed by atoms with van der Waals surface area (Å²) in [7, 11) is 0. The van der Waals surface area contributed by atoms with Gasteiger partial charge in [0.1, 0.15) is 6.04 Å². The topological polar surface area (TPSA) is 129 Å². The van der Waals surface area contributed by atoms with Gasteiger partial charge in [0.05, 0.1) is 0 Å². The summed E-state index contributed by atoms with van der Waals surface area (Å²) in [5, 5.41) is 17.8. The number of anilines is 2. The third kappa shape index (κ3) is 6.12. The van der Waals surface area contributed by atoms with Crippen LogP contribution in [0.3, 0.4) is 0 Å². The second-order valence-corrected chi connectivity index (χ2v) is 5.22. The summed E-state index contributed by atoms with van der Waals surface area (Å²) in [5.41, 5.74) is 0. The van der Waals surface area contributed by atoms with Gasteiger partial charge in [-0.15, -0.1) is 0 Å². The molecule has 0 spiro atoms. The first kappa shape index (κ1) is 18.0. The van der Waals surface area contributed by atoms with Crippen molar-refractivity contribution in [3.8, 4) is 0 Å². The molecule has 1 heterocycles. The Balaban J connectivity index is 2.81. The van der Waals surface area contributed by atoms with E-state index >= 15 is 0 Å². The van der Waals surface area contributed by atoms with Crippen LogP contribution in [0.15, 0.2) is 5.16 Å². The van der Waals surface area contributed by atoms with Crippen molar-refractivity contribution in [3.63, 3.8) is 0 Å². The molecule has 1 aromatic rings. The molecule has 122 valence electrons. The van der Waals surface area contributed by atoms with Crippen molar-refractivity contribution in [3.05, 3.63) is 0 Å². The normalized spacial score (nSPS) is 11.6. The number of nitrogens with one attached hydrogen (secondary N) is 3. The van der Waals surface area contributed by atoms with Gasteiger partial charge in [0.2, 0.25) is 17.8 Å². The molecule has 0 aliphatic carbocycles. The summed E-state index contributed by atoms with van der Waals surface area (Å²) in [5.74, 6) is -0.540. The molecule has 0 aromatic carbocycles. The molecule has 0 saturated carbocycles. The summed E-state index contributed by atoms with van der Waals surface area (Å²) in [6.07, 6.45) is 0. The van der Waals surface area contributed by atoms with Crippen molar-refractivity contribution >= 4 is 35.5 Å². The van der Waals surface area contributed by atoms with Gasteiger partial charge in [0.15, 0.2) is 5.16 Å². The molecule has 1 aromatic heterocycles. The van der Waals surface area contributed by atoms with Crippen LogP contribution in [0, 0.1) is 0 Å². The summed E-state index contributed by atoms with van der Waals surface area (Å²) in [6.45, 7) is 6.42. The van der Waals surface area contributed by atoms with Gasteiger partial charge in [-0.05, 0) is 13.8 Å². The van der Waals surface area contributed by atoms with Gasteiger partial charge in [-0.1, -0.05) is 11.8 Å². The van der Waals surface area contributed by atoms with Gasteiger partial charge in [0.25, 0.3) is 0 Å². The van der Waals surface area contributed by atoms with E-state index in [9.17, 15) is 9.59 Å². The highest BCUT2D eigenvalue weighted by Crippen LogP contribution is 2.17. The summed E-state index contributed by atoms with van der Waals surface area (Å²) >= 11 is 1.14. The standard InChI is InChI=1S/C12H20N6O3S/c1-4-13-10-16-11(14-5-2)18-12(17-10)22-6-8(9(20)21)15-7(3)19/h8H,4-6H2,1-3H3,(H,15,19)(H,20,21)(H2,13,14,16,17,18). The van der Waals surface area contributed by atoms with E-state index in [4.69, 9.17) is 5.11 Å². The lowest BCUT2D eigenvalue weighted by molar-refractivity contribution is -0.140. The van der Waals surface area contributed by atoms with Crippen molar-refractivity contribution < 1.29 is 14.7 Å². The number of aromatic nitrogens is 3. The Morgan fingerprint density at radius 3 is 2.09 bits per heavy atom. The monoisotopic (exact) mass is 328 g/mol. The van der Waals surface area contributed by atoms with Crippen molar-refractivity contribution in [2.24, 2.45) is 0 Å². The van der Waals surface area contributed by atoms with Crippen LogP contribution >= 0.6 is 11.8 Å². The van der Waals surface area contributed by atoms with Crippen molar-refractivity contribution in [2.45, 2.75) is 32.0 Å². The predicted octanol–water partition coefficient (Wildman–Crippen LogP) is 0.417. The number of carbonyl (C=O) groups excluding carboxylic acids is 1. The number of hydrogen-bond acceptors (Lipinski definition) is 8. The van der Waals surface area contributed by atoms with Crippen molar-refractivity contribution in [2.75, 3.05) is 29.5 Å². The van der Waals surface area contributed by atoms with Gasteiger partial charge in [0, 0.05) is 25.8 Å².